The fraction of sp³-hybridized carbons (Fsp3) is 0.476. The molecule has 1 amide bonds. The van der Waals surface area contributed by atoms with E-state index in [1.807, 2.05) is 29.2 Å². The molecule has 0 radical (unpaired) electrons. The number of ether oxygens (including phenoxy) is 2. The maximum absolute atomic E-state index is 13.0. The number of aromatic nitrogens is 2. The summed E-state index contributed by atoms with van der Waals surface area (Å²) in [5.74, 6) is 1.49. The summed E-state index contributed by atoms with van der Waals surface area (Å²) in [5, 5.41) is 4.49. The van der Waals surface area contributed by atoms with Crippen molar-refractivity contribution in [2.45, 2.75) is 32.7 Å². The lowest BCUT2D eigenvalue weighted by Gasteiger charge is -2.33. The van der Waals surface area contributed by atoms with E-state index in [0.717, 1.165) is 37.2 Å². The number of piperidine rings is 1. The van der Waals surface area contributed by atoms with E-state index in [1.54, 1.807) is 14.0 Å². The van der Waals surface area contributed by atoms with Crippen LogP contribution < -0.4 is 15.0 Å². The zero-order valence-electron chi connectivity index (χ0n) is 16.8. The summed E-state index contributed by atoms with van der Waals surface area (Å²) in [6.45, 7) is 5.31. The van der Waals surface area contributed by atoms with Gasteiger partial charge in [0.15, 0.2) is 5.75 Å². The predicted octanol–water partition coefficient (Wildman–Crippen LogP) is 2.75. The van der Waals surface area contributed by atoms with Crippen LogP contribution in [0.5, 0.6) is 11.5 Å². The van der Waals surface area contributed by atoms with Crippen molar-refractivity contribution < 1.29 is 14.3 Å². The Labute approximate surface area is 164 Å². The molecule has 0 saturated carbocycles. The fourth-order valence-electron chi connectivity index (χ4n) is 3.59. The topological polar surface area (TPSA) is 73.7 Å². The Morgan fingerprint density at radius 1 is 1.21 bits per heavy atom. The fourth-order valence-corrected chi connectivity index (χ4v) is 3.59. The van der Waals surface area contributed by atoms with Crippen LogP contribution in [-0.2, 0) is 4.79 Å². The number of rotatable bonds is 5. The lowest BCUT2D eigenvalue weighted by molar-refractivity contribution is -0.136. The van der Waals surface area contributed by atoms with Gasteiger partial charge in [0.1, 0.15) is 17.5 Å². The second-order valence-electron chi connectivity index (χ2n) is 7.28. The van der Waals surface area contributed by atoms with Gasteiger partial charge in [-0.15, -0.1) is 0 Å². The van der Waals surface area contributed by atoms with Crippen molar-refractivity contribution >= 4 is 5.91 Å². The zero-order valence-corrected chi connectivity index (χ0v) is 16.8. The highest BCUT2D eigenvalue weighted by molar-refractivity contribution is 5.80. The van der Waals surface area contributed by atoms with Crippen molar-refractivity contribution in [1.82, 2.24) is 14.7 Å². The van der Waals surface area contributed by atoms with Gasteiger partial charge in [0.25, 0.3) is 5.56 Å². The number of carbonyl (C=O) groups is 1. The third-order valence-electron chi connectivity index (χ3n) is 5.20. The highest BCUT2D eigenvalue weighted by atomic mass is 16.5. The van der Waals surface area contributed by atoms with Gasteiger partial charge in [-0.05, 0) is 49.9 Å². The number of carbonyl (C=O) groups excluding carboxylic acids is 1. The van der Waals surface area contributed by atoms with Gasteiger partial charge >= 0.3 is 0 Å². The molecule has 1 fully saturated rings. The first-order chi connectivity index (χ1) is 13.4. The van der Waals surface area contributed by atoms with Gasteiger partial charge in [-0.2, -0.15) is 5.10 Å². The minimum Gasteiger partial charge on any atom is -0.497 e. The van der Waals surface area contributed by atoms with Gasteiger partial charge in [-0.3, -0.25) is 9.59 Å². The normalized spacial score (nSPS) is 17.9. The summed E-state index contributed by atoms with van der Waals surface area (Å²) in [6, 6.07) is 8.02. The van der Waals surface area contributed by atoms with Gasteiger partial charge in [-0.25, -0.2) is 4.68 Å². The molecule has 0 N–H and O–H groups in total. The number of nitrogens with zero attached hydrogens (tertiary/aromatic N) is 3. The third-order valence-corrected chi connectivity index (χ3v) is 5.20. The number of methoxy groups -OCH3 is 2. The zero-order chi connectivity index (χ0) is 20.3. The van der Waals surface area contributed by atoms with Crippen LogP contribution in [0.25, 0.3) is 11.3 Å². The molecule has 150 valence electrons. The molecule has 0 unspecified atom stereocenters. The molecule has 0 bridgehead atoms. The molecule has 28 heavy (non-hydrogen) atoms. The molecule has 2 aromatic rings. The Balaban J connectivity index is 1.96. The van der Waals surface area contributed by atoms with E-state index < -0.39 is 6.04 Å². The highest BCUT2D eigenvalue weighted by Crippen LogP contribution is 2.28. The molecule has 0 spiro atoms. The SMILES string of the molecule is COc1ccc(-c2nn([C@@H](C)C(=O)N3CCC[C@H](C)C3)c(=O)cc2OC)cc1. The van der Waals surface area contributed by atoms with Gasteiger partial charge < -0.3 is 14.4 Å². The predicted molar refractivity (Wildman–Crippen MR) is 107 cm³/mol. The molecule has 2 heterocycles. The van der Waals surface area contributed by atoms with E-state index >= 15 is 0 Å². The van der Waals surface area contributed by atoms with Gasteiger partial charge in [-0.1, -0.05) is 6.92 Å². The molecular formula is C21H27N3O4. The number of likely N-dealkylation sites (tertiary alicyclic amines) is 1. The summed E-state index contributed by atoms with van der Waals surface area (Å²) in [5.41, 5.74) is 0.925. The van der Waals surface area contributed by atoms with Crippen molar-refractivity contribution in [1.29, 1.82) is 0 Å². The van der Waals surface area contributed by atoms with E-state index in [2.05, 4.69) is 12.0 Å². The summed E-state index contributed by atoms with van der Waals surface area (Å²) >= 11 is 0. The lowest BCUT2D eigenvalue weighted by atomic mass is 10.00. The average molecular weight is 385 g/mol. The Kier molecular flexibility index (Phi) is 6.02. The number of benzene rings is 1. The molecule has 7 heteroatoms. The Bertz CT molecular complexity index is 892. The molecule has 1 aliphatic rings. The average Bonchev–Trinajstić information content (AvgIpc) is 2.72. The molecule has 1 aliphatic heterocycles. The second-order valence-corrected chi connectivity index (χ2v) is 7.28. The van der Waals surface area contributed by atoms with Gasteiger partial charge in [0, 0.05) is 24.7 Å². The standard InChI is InChI=1S/C21H27N3O4/c1-14-6-5-11-23(13-14)21(26)15(2)24-19(25)12-18(28-4)20(22-24)16-7-9-17(27-3)10-8-16/h7-10,12,14-15H,5-6,11,13H2,1-4H3/t14-,15-/m0/s1. The second kappa shape index (κ2) is 8.46. The monoisotopic (exact) mass is 385 g/mol. The Morgan fingerprint density at radius 3 is 2.54 bits per heavy atom. The summed E-state index contributed by atoms with van der Waals surface area (Å²) < 4.78 is 11.8. The molecule has 1 saturated heterocycles. The van der Waals surface area contributed by atoms with Crippen LogP contribution in [0.3, 0.4) is 0 Å². The Morgan fingerprint density at radius 2 is 1.93 bits per heavy atom. The summed E-state index contributed by atoms with van der Waals surface area (Å²) in [4.78, 5) is 27.4. The van der Waals surface area contributed by atoms with Crippen molar-refractivity contribution in [2.75, 3.05) is 27.3 Å². The van der Waals surface area contributed by atoms with Crippen LogP contribution in [0.4, 0.5) is 0 Å². The van der Waals surface area contributed by atoms with Gasteiger partial charge in [0.2, 0.25) is 5.91 Å². The molecule has 1 aromatic carbocycles. The van der Waals surface area contributed by atoms with Crippen LogP contribution >= 0.6 is 0 Å². The first-order valence-corrected chi connectivity index (χ1v) is 9.55. The maximum Gasteiger partial charge on any atom is 0.271 e. The van der Waals surface area contributed by atoms with Crippen molar-refractivity contribution in [3.8, 4) is 22.8 Å². The van der Waals surface area contributed by atoms with E-state index in [9.17, 15) is 9.59 Å². The first-order valence-electron chi connectivity index (χ1n) is 9.55. The molecule has 2 atom stereocenters. The maximum atomic E-state index is 13.0. The molecule has 7 nitrogen and oxygen atoms in total. The van der Waals surface area contributed by atoms with E-state index in [-0.39, 0.29) is 11.5 Å². The summed E-state index contributed by atoms with van der Waals surface area (Å²) in [6.07, 6.45) is 2.11. The minimum atomic E-state index is -0.680. The van der Waals surface area contributed by atoms with Crippen LogP contribution in [0, 0.1) is 5.92 Å². The molecule has 0 aliphatic carbocycles. The number of amides is 1. The first kappa shape index (κ1) is 19.9. The van der Waals surface area contributed by atoms with Gasteiger partial charge in [0.05, 0.1) is 14.2 Å². The quantitative estimate of drug-likeness (QED) is 0.791. The minimum absolute atomic E-state index is 0.0769. The lowest BCUT2D eigenvalue weighted by Crippen LogP contribution is -2.44. The van der Waals surface area contributed by atoms with Crippen molar-refractivity contribution in [3.63, 3.8) is 0 Å². The Hall–Kier alpha value is -2.83. The van der Waals surface area contributed by atoms with Crippen LogP contribution in [0.1, 0.15) is 32.7 Å². The van der Waals surface area contributed by atoms with E-state index in [1.165, 1.54) is 17.9 Å². The van der Waals surface area contributed by atoms with E-state index in [0.29, 0.717) is 17.4 Å². The largest absolute Gasteiger partial charge is 0.497 e. The molecule has 1 aromatic heterocycles. The van der Waals surface area contributed by atoms with Crippen LogP contribution in [0.15, 0.2) is 35.1 Å². The number of hydrogen-bond donors (Lipinski definition) is 0. The van der Waals surface area contributed by atoms with Crippen LogP contribution in [-0.4, -0.2) is 47.9 Å². The highest BCUT2D eigenvalue weighted by Gasteiger charge is 2.28. The van der Waals surface area contributed by atoms with Crippen LogP contribution in [0.2, 0.25) is 0 Å². The molecular weight excluding hydrogens is 358 g/mol. The third kappa shape index (κ3) is 4.03. The smallest absolute Gasteiger partial charge is 0.271 e. The van der Waals surface area contributed by atoms with Crippen molar-refractivity contribution in [3.05, 3.63) is 40.7 Å². The molecule has 3 rings (SSSR count). The van der Waals surface area contributed by atoms with Crippen molar-refractivity contribution in [2.24, 2.45) is 5.92 Å². The van der Waals surface area contributed by atoms with E-state index in [4.69, 9.17) is 9.47 Å². The summed E-state index contributed by atoms with van der Waals surface area (Å²) in [7, 11) is 3.10. The number of hydrogen-bond acceptors (Lipinski definition) is 5.